The lowest BCUT2D eigenvalue weighted by molar-refractivity contribution is -0.137. The molecule has 0 aliphatic carbocycles. The highest BCUT2D eigenvalue weighted by atomic mass is 35.5. The molecule has 2 N–H and O–H groups in total. The normalized spacial score (nSPS) is 15.6. The van der Waals surface area contributed by atoms with E-state index in [4.69, 9.17) is 22.1 Å². The minimum atomic E-state index is -4.48. The molecule has 0 saturated carbocycles. The molecule has 0 spiro atoms. The molecule has 1 aliphatic rings. The van der Waals surface area contributed by atoms with Gasteiger partial charge < -0.3 is 15.4 Å². The first-order valence-electron chi connectivity index (χ1n) is 9.88. The lowest BCUT2D eigenvalue weighted by Gasteiger charge is -2.24. The van der Waals surface area contributed by atoms with Crippen LogP contribution in [0.5, 0.6) is 5.75 Å². The van der Waals surface area contributed by atoms with E-state index < -0.39 is 23.7 Å². The van der Waals surface area contributed by atoms with Crippen molar-refractivity contribution in [2.45, 2.75) is 12.2 Å². The Morgan fingerprint density at radius 3 is 2.76 bits per heavy atom. The van der Waals surface area contributed by atoms with Crippen LogP contribution >= 0.6 is 11.6 Å². The molecule has 3 heterocycles. The summed E-state index contributed by atoms with van der Waals surface area (Å²) in [5.74, 6) is 0.00143. The number of nitrogen functional groups attached to an aromatic ring is 1. The quantitative estimate of drug-likeness (QED) is 0.458. The maximum atomic E-state index is 13.4. The Morgan fingerprint density at radius 1 is 1.27 bits per heavy atom. The molecule has 11 heteroatoms. The number of ether oxygens (including phenoxy) is 1. The predicted molar refractivity (Wildman–Crippen MR) is 117 cm³/mol. The van der Waals surface area contributed by atoms with Crippen LogP contribution in [0.25, 0.3) is 21.8 Å². The highest BCUT2D eigenvalue weighted by Gasteiger charge is 2.36. The van der Waals surface area contributed by atoms with Crippen LogP contribution in [0.2, 0.25) is 5.02 Å². The number of carbonyl (C=O) groups excluding carboxylic acids is 1. The number of benzene rings is 2. The summed E-state index contributed by atoms with van der Waals surface area (Å²) >= 11 is 6.43. The minimum Gasteiger partial charge on any atom is -0.491 e. The third-order valence-corrected chi connectivity index (χ3v) is 6.22. The zero-order valence-electron chi connectivity index (χ0n) is 17.4. The number of hydrogen-bond acceptors (Lipinski definition) is 5. The zero-order chi connectivity index (χ0) is 23.7. The highest BCUT2D eigenvalue weighted by Crippen LogP contribution is 2.41. The maximum Gasteiger partial charge on any atom is 0.416 e. The third kappa shape index (κ3) is 3.32. The van der Waals surface area contributed by atoms with Gasteiger partial charge in [0.2, 0.25) is 0 Å². The monoisotopic (exact) mass is 475 g/mol. The molecule has 1 amide bonds. The summed E-state index contributed by atoms with van der Waals surface area (Å²) in [7, 11) is 3.32. The van der Waals surface area contributed by atoms with Crippen LogP contribution in [-0.4, -0.2) is 39.2 Å². The summed E-state index contributed by atoms with van der Waals surface area (Å²) in [6, 6.07) is 5.91. The van der Waals surface area contributed by atoms with E-state index in [0.717, 1.165) is 12.1 Å². The van der Waals surface area contributed by atoms with Crippen LogP contribution in [0.1, 0.15) is 27.5 Å². The number of halogens is 4. The van der Waals surface area contributed by atoms with E-state index in [0.29, 0.717) is 33.2 Å². The van der Waals surface area contributed by atoms with Gasteiger partial charge in [-0.3, -0.25) is 9.48 Å². The number of nitrogens with two attached hydrogens (primary N) is 1. The number of aromatic nitrogens is 3. The van der Waals surface area contributed by atoms with Gasteiger partial charge in [0.25, 0.3) is 5.91 Å². The van der Waals surface area contributed by atoms with Gasteiger partial charge in [-0.05, 0) is 24.3 Å². The zero-order valence-corrected chi connectivity index (χ0v) is 18.2. The second kappa shape index (κ2) is 7.24. The molecule has 0 fully saturated rings. The number of pyridine rings is 1. The Hall–Kier alpha value is -3.53. The Kier molecular flexibility index (Phi) is 4.68. The molecule has 1 aliphatic heterocycles. The molecule has 2 aromatic carbocycles. The summed E-state index contributed by atoms with van der Waals surface area (Å²) in [5.41, 5.74) is 7.17. The van der Waals surface area contributed by atoms with E-state index in [1.165, 1.54) is 11.0 Å². The number of hydrogen-bond donors (Lipinski definition) is 1. The van der Waals surface area contributed by atoms with Gasteiger partial charge in [-0.1, -0.05) is 17.7 Å². The molecule has 4 aromatic rings. The van der Waals surface area contributed by atoms with Gasteiger partial charge >= 0.3 is 6.18 Å². The summed E-state index contributed by atoms with van der Waals surface area (Å²) in [6.45, 7) is 0.0359. The number of likely N-dealkylation sites (N-methyl/N-ethyl adjacent to an activating group) is 1. The first-order chi connectivity index (χ1) is 15.6. The van der Waals surface area contributed by atoms with Gasteiger partial charge in [0, 0.05) is 25.0 Å². The van der Waals surface area contributed by atoms with Gasteiger partial charge in [-0.15, -0.1) is 0 Å². The average molecular weight is 476 g/mol. The molecule has 7 nitrogen and oxygen atoms in total. The SMILES string of the molecule is CN(C(=O)c1cc2c(cc1Cl)nc(N)c1cnn(C)c12)[C@@H]1COc2cc(C(F)(F)F)ccc21. The van der Waals surface area contributed by atoms with E-state index in [1.807, 2.05) is 0 Å². The molecule has 0 radical (unpaired) electrons. The predicted octanol–water partition coefficient (Wildman–Crippen LogP) is 4.58. The largest absolute Gasteiger partial charge is 0.491 e. The van der Waals surface area contributed by atoms with E-state index in [9.17, 15) is 18.0 Å². The molecular formula is C22H17ClF3N5O2. The van der Waals surface area contributed by atoms with Crippen LogP contribution in [0, 0.1) is 0 Å². The molecular weight excluding hydrogens is 459 g/mol. The molecule has 0 unspecified atom stereocenters. The number of anilines is 1. The summed E-state index contributed by atoms with van der Waals surface area (Å²) in [4.78, 5) is 19.2. The van der Waals surface area contributed by atoms with Crippen molar-refractivity contribution in [3.8, 4) is 5.75 Å². The van der Waals surface area contributed by atoms with Gasteiger partial charge in [-0.2, -0.15) is 18.3 Å². The molecule has 1 atom stereocenters. The van der Waals surface area contributed by atoms with Crippen molar-refractivity contribution >= 4 is 45.1 Å². The molecule has 0 bridgehead atoms. The topological polar surface area (TPSA) is 86.3 Å². The molecule has 5 rings (SSSR count). The van der Waals surface area contributed by atoms with E-state index in [-0.39, 0.29) is 22.9 Å². The number of carbonyl (C=O) groups is 1. The smallest absolute Gasteiger partial charge is 0.416 e. The Balaban J connectivity index is 1.55. The first kappa shape index (κ1) is 21.3. The standard InChI is InChI=1S/C22H17ClF3N5O2/c1-30(17-9-33-18-5-10(22(24,25)26)3-4-11(17)18)21(32)12-6-13-16(7-15(12)23)29-20(27)14-8-28-31(2)19(13)14/h3-8,17H,9H2,1-2H3,(H2,27,29)/t17-/m1/s1. The lowest BCUT2D eigenvalue weighted by Crippen LogP contribution is -2.32. The van der Waals surface area contributed by atoms with Crippen LogP contribution in [0.15, 0.2) is 36.5 Å². The van der Waals surface area contributed by atoms with Crippen LogP contribution < -0.4 is 10.5 Å². The Labute approximate surface area is 190 Å². The van der Waals surface area contributed by atoms with Crippen LogP contribution in [0.3, 0.4) is 0 Å². The lowest BCUT2D eigenvalue weighted by atomic mass is 10.0. The molecule has 2 aromatic heterocycles. The number of amides is 1. The summed E-state index contributed by atoms with van der Waals surface area (Å²) in [5, 5.41) is 5.70. The van der Waals surface area contributed by atoms with Crippen molar-refractivity contribution in [3.63, 3.8) is 0 Å². The van der Waals surface area contributed by atoms with Crippen molar-refractivity contribution < 1.29 is 22.7 Å². The van der Waals surface area contributed by atoms with Crippen molar-refractivity contribution in [3.05, 3.63) is 58.2 Å². The van der Waals surface area contributed by atoms with Crippen molar-refractivity contribution in [2.75, 3.05) is 19.4 Å². The number of nitrogens with zero attached hydrogens (tertiary/aromatic N) is 4. The Morgan fingerprint density at radius 2 is 2.03 bits per heavy atom. The second-order valence-electron chi connectivity index (χ2n) is 7.87. The molecule has 170 valence electrons. The summed E-state index contributed by atoms with van der Waals surface area (Å²) < 4.78 is 46.2. The third-order valence-electron chi connectivity index (χ3n) is 5.91. The number of fused-ring (bicyclic) bond motifs is 4. The van der Waals surface area contributed by atoms with Crippen molar-refractivity contribution in [2.24, 2.45) is 7.05 Å². The van der Waals surface area contributed by atoms with Crippen molar-refractivity contribution in [1.29, 1.82) is 0 Å². The van der Waals surface area contributed by atoms with Crippen LogP contribution in [-0.2, 0) is 13.2 Å². The Bertz CT molecular complexity index is 1450. The number of alkyl halides is 3. The van der Waals surface area contributed by atoms with Gasteiger partial charge in [0.1, 0.15) is 18.2 Å². The minimum absolute atomic E-state index is 0.0359. The molecule has 0 saturated heterocycles. The number of aryl methyl sites for hydroxylation is 1. The van der Waals surface area contributed by atoms with Gasteiger partial charge in [0.15, 0.2) is 0 Å². The van der Waals surface area contributed by atoms with E-state index in [2.05, 4.69) is 10.1 Å². The van der Waals surface area contributed by atoms with Gasteiger partial charge in [-0.25, -0.2) is 4.98 Å². The maximum absolute atomic E-state index is 13.4. The molecule has 33 heavy (non-hydrogen) atoms. The highest BCUT2D eigenvalue weighted by molar-refractivity contribution is 6.35. The van der Waals surface area contributed by atoms with Crippen LogP contribution in [0.4, 0.5) is 19.0 Å². The fourth-order valence-corrected chi connectivity index (χ4v) is 4.40. The average Bonchev–Trinajstić information content (AvgIpc) is 3.36. The van der Waals surface area contributed by atoms with Gasteiger partial charge in [0.05, 0.1) is 44.8 Å². The second-order valence-corrected chi connectivity index (χ2v) is 8.28. The van der Waals surface area contributed by atoms with E-state index in [1.54, 1.807) is 37.1 Å². The van der Waals surface area contributed by atoms with E-state index >= 15 is 0 Å². The number of rotatable bonds is 2. The van der Waals surface area contributed by atoms with Crippen molar-refractivity contribution in [1.82, 2.24) is 19.7 Å². The fourth-order valence-electron chi connectivity index (χ4n) is 4.16. The first-order valence-corrected chi connectivity index (χ1v) is 10.3. The summed E-state index contributed by atoms with van der Waals surface area (Å²) in [6.07, 6.45) is -2.88. The fraction of sp³-hybridized carbons (Fsp3) is 0.227.